The number of hydrogen-bond acceptors (Lipinski definition) is 2. The zero-order chi connectivity index (χ0) is 13.9. The van der Waals surface area contributed by atoms with Crippen LogP contribution in [0.25, 0.3) is 22.7 Å². The standard InChI is InChI=1S/C17H14N2O/c1-13(20)17(11-14-7-3-2-4-8-14)19-16-10-6-5-9-15(16)12-18-19/h2-12H,1H3/b17-11-. The Bertz CT molecular complexity index is 785. The van der Waals surface area contributed by atoms with Gasteiger partial charge in [-0.2, -0.15) is 5.10 Å². The number of carbonyl (C=O) groups excluding carboxylic acids is 1. The normalized spacial score (nSPS) is 11.8. The van der Waals surface area contributed by atoms with Gasteiger partial charge in [0, 0.05) is 12.3 Å². The third kappa shape index (κ3) is 2.26. The van der Waals surface area contributed by atoms with Crippen molar-refractivity contribution in [1.29, 1.82) is 0 Å². The number of aromatic nitrogens is 2. The van der Waals surface area contributed by atoms with E-state index < -0.39 is 0 Å². The van der Waals surface area contributed by atoms with Gasteiger partial charge in [0.05, 0.1) is 11.7 Å². The van der Waals surface area contributed by atoms with Crippen molar-refractivity contribution in [1.82, 2.24) is 9.78 Å². The first-order valence-electron chi connectivity index (χ1n) is 6.46. The lowest BCUT2D eigenvalue weighted by Gasteiger charge is -2.06. The first kappa shape index (κ1) is 12.4. The minimum Gasteiger partial charge on any atom is -0.293 e. The molecule has 1 aromatic heterocycles. The van der Waals surface area contributed by atoms with Crippen molar-refractivity contribution >= 4 is 28.5 Å². The summed E-state index contributed by atoms with van der Waals surface area (Å²) in [5.41, 5.74) is 2.49. The maximum absolute atomic E-state index is 12.0. The summed E-state index contributed by atoms with van der Waals surface area (Å²) in [6, 6.07) is 17.6. The van der Waals surface area contributed by atoms with Crippen LogP contribution in [0.3, 0.4) is 0 Å². The van der Waals surface area contributed by atoms with E-state index in [0.717, 1.165) is 16.5 Å². The minimum atomic E-state index is -0.0114. The number of benzene rings is 2. The zero-order valence-electron chi connectivity index (χ0n) is 11.2. The SMILES string of the molecule is CC(=O)/C(=C/c1ccccc1)n1ncc2ccccc21. The molecule has 98 valence electrons. The van der Waals surface area contributed by atoms with Gasteiger partial charge in [-0.3, -0.25) is 4.79 Å². The highest BCUT2D eigenvalue weighted by Crippen LogP contribution is 2.19. The number of fused-ring (bicyclic) bond motifs is 1. The molecule has 3 heteroatoms. The number of Topliss-reactive ketones (excluding diaryl/α,β-unsaturated/α-hetero) is 1. The Morgan fingerprint density at radius 1 is 1.05 bits per heavy atom. The summed E-state index contributed by atoms with van der Waals surface area (Å²) >= 11 is 0. The zero-order valence-corrected chi connectivity index (χ0v) is 11.2. The molecule has 0 fully saturated rings. The minimum absolute atomic E-state index is 0.0114. The molecule has 3 rings (SSSR count). The molecule has 0 saturated carbocycles. The van der Waals surface area contributed by atoms with Gasteiger partial charge in [-0.1, -0.05) is 48.5 Å². The van der Waals surface area contributed by atoms with E-state index in [2.05, 4.69) is 5.10 Å². The van der Waals surface area contributed by atoms with Crippen LogP contribution in [-0.4, -0.2) is 15.6 Å². The van der Waals surface area contributed by atoms with Gasteiger partial charge in [-0.05, 0) is 17.7 Å². The van der Waals surface area contributed by atoms with E-state index in [4.69, 9.17) is 0 Å². The van der Waals surface area contributed by atoms with Crippen molar-refractivity contribution in [2.45, 2.75) is 6.92 Å². The lowest BCUT2D eigenvalue weighted by molar-refractivity contribution is -0.112. The Hall–Kier alpha value is -2.68. The quantitative estimate of drug-likeness (QED) is 0.676. The molecular weight excluding hydrogens is 248 g/mol. The maximum Gasteiger partial charge on any atom is 0.178 e. The highest BCUT2D eigenvalue weighted by atomic mass is 16.1. The van der Waals surface area contributed by atoms with Crippen LogP contribution >= 0.6 is 0 Å². The van der Waals surface area contributed by atoms with Crippen LogP contribution in [-0.2, 0) is 4.79 Å². The summed E-state index contributed by atoms with van der Waals surface area (Å²) in [4.78, 5) is 12.0. The van der Waals surface area contributed by atoms with Crippen LogP contribution in [0.1, 0.15) is 12.5 Å². The number of rotatable bonds is 3. The van der Waals surface area contributed by atoms with E-state index >= 15 is 0 Å². The Kier molecular flexibility index (Phi) is 3.17. The van der Waals surface area contributed by atoms with Crippen molar-refractivity contribution in [3.05, 3.63) is 66.4 Å². The summed E-state index contributed by atoms with van der Waals surface area (Å²) in [5, 5.41) is 5.36. The summed E-state index contributed by atoms with van der Waals surface area (Å²) in [5.74, 6) is -0.0114. The third-order valence-corrected chi connectivity index (χ3v) is 3.17. The molecule has 0 atom stereocenters. The molecule has 0 spiro atoms. The number of ketones is 1. The van der Waals surface area contributed by atoms with Gasteiger partial charge >= 0.3 is 0 Å². The lowest BCUT2D eigenvalue weighted by Crippen LogP contribution is -2.06. The largest absolute Gasteiger partial charge is 0.293 e. The second kappa shape index (κ2) is 5.13. The van der Waals surface area contributed by atoms with Crippen molar-refractivity contribution in [3.63, 3.8) is 0 Å². The fourth-order valence-corrected chi connectivity index (χ4v) is 2.18. The molecule has 0 aliphatic heterocycles. The average molecular weight is 262 g/mol. The molecule has 3 nitrogen and oxygen atoms in total. The summed E-state index contributed by atoms with van der Waals surface area (Å²) in [6.07, 6.45) is 3.64. The van der Waals surface area contributed by atoms with Gasteiger partial charge in [-0.25, -0.2) is 4.68 Å². The molecule has 0 N–H and O–H groups in total. The first-order chi connectivity index (χ1) is 9.75. The predicted molar refractivity (Wildman–Crippen MR) is 81.0 cm³/mol. The smallest absolute Gasteiger partial charge is 0.178 e. The fraction of sp³-hybridized carbons (Fsp3) is 0.0588. The van der Waals surface area contributed by atoms with Crippen LogP contribution in [0.5, 0.6) is 0 Å². The maximum atomic E-state index is 12.0. The summed E-state index contributed by atoms with van der Waals surface area (Å²) < 4.78 is 1.70. The van der Waals surface area contributed by atoms with Gasteiger partial charge in [-0.15, -0.1) is 0 Å². The Morgan fingerprint density at radius 3 is 2.50 bits per heavy atom. The second-order valence-corrected chi connectivity index (χ2v) is 4.61. The van der Waals surface area contributed by atoms with Gasteiger partial charge < -0.3 is 0 Å². The molecule has 0 bridgehead atoms. The Balaban J connectivity index is 2.17. The summed E-state index contributed by atoms with van der Waals surface area (Å²) in [7, 11) is 0. The molecule has 0 unspecified atom stereocenters. The van der Waals surface area contributed by atoms with Crippen molar-refractivity contribution < 1.29 is 4.79 Å². The van der Waals surface area contributed by atoms with E-state index in [9.17, 15) is 4.79 Å². The fourth-order valence-electron chi connectivity index (χ4n) is 2.18. The van der Waals surface area contributed by atoms with Crippen molar-refractivity contribution in [2.24, 2.45) is 0 Å². The lowest BCUT2D eigenvalue weighted by atomic mass is 10.1. The summed E-state index contributed by atoms with van der Waals surface area (Å²) in [6.45, 7) is 1.56. The molecule has 0 saturated heterocycles. The number of nitrogens with zero attached hydrogens (tertiary/aromatic N) is 2. The third-order valence-electron chi connectivity index (χ3n) is 3.17. The van der Waals surface area contributed by atoms with Crippen LogP contribution < -0.4 is 0 Å². The van der Waals surface area contributed by atoms with Gasteiger partial charge in [0.25, 0.3) is 0 Å². The molecule has 0 radical (unpaired) electrons. The average Bonchev–Trinajstić information content (AvgIpc) is 2.89. The van der Waals surface area contributed by atoms with Crippen LogP contribution in [0.4, 0.5) is 0 Å². The monoisotopic (exact) mass is 262 g/mol. The number of carbonyl (C=O) groups is 1. The van der Waals surface area contributed by atoms with Crippen LogP contribution in [0.15, 0.2) is 60.8 Å². The Morgan fingerprint density at radius 2 is 1.75 bits per heavy atom. The van der Waals surface area contributed by atoms with E-state index in [-0.39, 0.29) is 5.78 Å². The van der Waals surface area contributed by atoms with E-state index in [1.807, 2.05) is 60.7 Å². The van der Waals surface area contributed by atoms with Crippen molar-refractivity contribution in [2.75, 3.05) is 0 Å². The van der Waals surface area contributed by atoms with Crippen LogP contribution in [0.2, 0.25) is 0 Å². The highest BCUT2D eigenvalue weighted by Gasteiger charge is 2.11. The van der Waals surface area contributed by atoms with E-state index in [0.29, 0.717) is 5.70 Å². The molecule has 0 aliphatic rings. The molecular formula is C17H14N2O. The van der Waals surface area contributed by atoms with Gasteiger partial charge in [0.1, 0.15) is 5.70 Å². The highest BCUT2D eigenvalue weighted by molar-refractivity contribution is 6.19. The number of allylic oxidation sites excluding steroid dienone is 1. The van der Waals surface area contributed by atoms with E-state index in [1.54, 1.807) is 17.8 Å². The Labute approximate surface area is 117 Å². The molecule has 2 aromatic carbocycles. The first-order valence-corrected chi connectivity index (χ1v) is 6.46. The van der Waals surface area contributed by atoms with Gasteiger partial charge in [0.15, 0.2) is 5.78 Å². The van der Waals surface area contributed by atoms with Gasteiger partial charge in [0.2, 0.25) is 0 Å². The number of hydrogen-bond donors (Lipinski definition) is 0. The topological polar surface area (TPSA) is 34.9 Å². The molecule has 20 heavy (non-hydrogen) atoms. The molecule has 1 heterocycles. The molecule has 0 aliphatic carbocycles. The number of para-hydroxylation sites is 1. The molecule has 0 amide bonds. The van der Waals surface area contributed by atoms with Crippen LogP contribution in [0, 0.1) is 0 Å². The van der Waals surface area contributed by atoms with Crippen molar-refractivity contribution in [3.8, 4) is 0 Å². The molecule has 3 aromatic rings. The second-order valence-electron chi connectivity index (χ2n) is 4.61. The van der Waals surface area contributed by atoms with E-state index in [1.165, 1.54) is 0 Å². The predicted octanol–water partition coefficient (Wildman–Crippen LogP) is 3.62.